The number of rotatable bonds is 5. The van der Waals surface area contributed by atoms with E-state index in [1.807, 2.05) is 13.0 Å². The summed E-state index contributed by atoms with van der Waals surface area (Å²) in [6.45, 7) is 2.01. The molecule has 1 aromatic heterocycles. The molecule has 2 aromatic rings. The fourth-order valence-corrected chi connectivity index (χ4v) is 1.73. The van der Waals surface area contributed by atoms with Crippen LogP contribution >= 0.6 is 11.6 Å². The first-order valence-electron chi connectivity index (χ1n) is 6.19. The Morgan fingerprint density at radius 1 is 1.21 bits per heavy atom. The summed E-state index contributed by atoms with van der Waals surface area (Å²) in [6.07, 6.45) is 3.51. The fraction of sp³-hybridized carbons (Fsp3) is 0.200. The van der Waals surface area contributed by atoms with Gasteiger partial charge in [0.15, 0.2) is 0 Å². The van der Waals surface area contributed by atoms with Crippen molar-refractivity contribution in [1.82, 2.24) is 4.98 Å². The van der Waals surface area contributed by atoms with Crippen LogP contribution < -0.4 is 5.43 Å². The summed E-state index contributed by atoms with van der Waals surface area (Å²) in [5.74, 6) is 0.698. The van der Waals surface area contributed by atoms with E-state index >= 15 is 0 Å². The maximum Gasteiger partial charge on any atom is 0.146 e. The van der Waals surface area contributed by atoms with Gasteiger partial charge in [-0.05, 0) is 37.5 Å². The van der Waals surface area contributed by atoms with E-state index in [1.54, 1.807) is 18.3 Å². The van der Waals surface area contributed by atoms with Gasteiger partial charge in [-0.1, -0.05) is 41.9 Å². The lowest BCUT2D eigenvalue weighted by Crippen LogP contribution is -2.00. The lowest BCUT2D eigenvalue weighted by molar-refractivity contribution is 1.02. The first-order valence-corrected chi connectivity index (χ1v) is 6.56. The molecule has 0 unspecified atom stereocenters. The van der Waals surface area contributed by atoms with Gasteiger partial charge in [0.25, 0.3) is 0 Å². The van der Waals surface area contributed by atoms with E-state index < -0.39 is 0 Å². The highest BCUT2D eigenvalue weighted by Gasteiger charge is 1.96. The average Bonchev–Trinajstić information content (AvgIpc) is 2.45. The Morgan fingerprint density at radius 3 is 2.68 bits per heavy atom. The van der Waals surface area contributed by atoms with E-state index in [-0.39, 0.29) is 0 Å². The van der Waals surface area contributed by atoms with Crippen LogP contribution in [0.2, 0.25) is 5.02 Å². The van der Waals surface area contributed by atoms with Gasteiger partial charge in [-0.15, -0.1) is 0 Å². The molecule has 1 aromatic carbocycles. The third-order valence-corrected chi connectivity index (χ3v) is 2.93. The molecule has 0 aliphatic carbocycles. The zero-order chi connectivity index (χ0) is 13.5. The Hall–Kier alpha value is -1.87. The van der Waals surface area contributed by atoms with Crippen molar-refractivity contribution in [2.45, 2.75) is 19.8 Å². The topological polar surface area (TPSA) is 37.3 Å². The molecule has 98 valence electrons. The Labute approximate surface area is 118 Å². The van der Waals surface area contributed by atoms with E-state index in [0.717, 1.165) is 18.6 Å². The normalized spacial score (nSPS) is 11.4. The highest BCUT2D eigenvalue weighted by atomic mass is 35.5. The summed E-state index contributed by atoms with van der Waals surface area (Å²) < 4.78 is 0. The fourth-order valence-electron chi connectivity index (χ4n) is 1.62. The van der Waals surface area contributed by atoms with Gasteiger partial charge < -0.3 is 0 Å². The van der Waals surface area contributed by atoms with Crippen molar-refractivity contribution in [3.05, 3.63) is 59.2 Å². The van der Waals surface area contributed by atoms with Crippen LogP contribution in [0.4, 0.5) is 5.82 Å². The minimum absolute atomic E-state index is 0.621. The predicted octanol–water partition coefficient (Wildman–Crippen LogP) is 4.16. The van der Waals surface area contributed by atoms with Crippen LogP contribution in [0, 0.1) is 0 Å². The Balaban J connectivity index is 1.84. The van der Waals surface area contributed by atoms with Crippen LogP contribution in [0.1, 0.15) is 18.9 Å². The van der Waals surface area contributed by atoms with Crippen LogP contribution in [-0.2, 0) is 6.42 Å². The van der Waals surface area contributed by atoms with E-state index in [0.29, 0.717) is 10.8 Å². The molecule has 0 amide bonds. The third kappa shape index (κ3) is 4.72. The molecular weight excluding hydrogens is 258 g/mol. The van der Waals surface area contributed by atoms with Gasteiger partial charge in [0.1, 0.15) is 5.82 Å². The minimum atomic E-state index is 0.621. The second kappa shape index (κ2) is 6.90. The van der Waals surface area contributed by atoms with Gasteiger partial charge in [-0.2, -0.15) is 5.10 Å². The molecule has 19 heavy (non-hydrogen) atoms. The van der Waals surface area contributed by atoms with Gasteiger partial charge in [-0.25, -0.2) is 4.98 Å². The molecule has 0 spiro atoms. The van der Waals surface area contributed by atoms with E-state index in [1.165, 1.54) is 5.56 Å². The lowest BCUT2D eigenvalue weighted by atomic mass is 10.1. The number of hydrogen-bond donors (Lipinski definition) is 1. The molecular formula is C15H16ClN3. The molecule has 4 heteroatoms. The number of aromatic nitrogens is 1. The van der Waals surface area contributed by atoms with E-state index in [4.69, 9.17) is 11.6 Å². The second-order valence-corrected chi connectivity index (χ2v) is 4.74. The van der Waals surface area contributed by atoms with Crippen LogP contribution in [0.15, 0.2) is 53.8 Å². The number of nitrogens with zero attached hydrogens (tertiary/aromatic N) is 2. The number of benzene rings is 1. The zero-order valence-electron chi connectivity index (χ0n) is 10.8. The first-order chi connectivity index (χ1) is 9.24. The van der Waals surface area contributed by atoms with Crippen molar-refractivity contribution in [1.29, 1.82) is 0 Å². The van der Waals surface area contributed by atoms with Gasteiger partial charge in [-0.3, -0.25) is 5.43 Å². The minimum Gasteiger partial charge on any atom is -0.261 e. The average molecular weight is 274 g/mol. The van der Waals surface area contributed by atoms with Crippen LogP contribution in [0.5, 0.6) is 0 Å². The molecule has 1 N–H and O–H groups in total. The Morgan fingerprint density at radius 2 is 2.00 bits per heavy atom. The molecule has 0 saturated heterocycles. The van der Waals surface area contributed by atoms with Crippen molar-refractivity contribution in [3.63, 3.8) is 0 Å². The number of hydrogen-bond acceptors (Lipinski definition) is 3. The number of hydrazone groups is 1. The SMILES string of the molecule is CC(CCc1ccccc1)=NNc1ccc(Cl)cn1. The predicted molar refractivity (Wildman–Crippen MR) is 80.7 cm³/mol. The van der Waals surface area contributed by atoms with Crippen LogP contribution in [0.3, 0.4) is 0 Å². The number of halogens is 1. The van der Waals surface area contributed by atoms with Gasteiger partial charge in [0.2, 0.25) is 0 Å². The summed E-state index contributed by atoms with van der Waals surface area (Å²) in [6, 6.07) is 14.0. The maximum absolute atomic E-state index is 5.77. The molecule has 0 aliphatic rings. The van der Waals surface area contributed by atoms with Gasteiger partial charge in [0, 0.05) is 11.9 Å². The Kier molecular flexibility index (Phi) is 4.93. The quantitative estimate of drug-likeness (QED) is 0.656. The summed E-state index contributed by atoms with van der Waals surface area (Å²) in [7, 11) is 0. The molecule has 1 heterocycles. The molecule has 0 bridgehead atoms. The largest absolute Gasteiger partial charge is 0.261 e. The Bertz CT molecular complexity index is 535. The molecule has 0 saturated carbocycles. The van der Waals surface area contributed by atoms with E-state index in [2.05, 4.69) is 39.8 Å². The van der Waals surface area contributed by atoms with Crippen molar-refractivity contribution in [3.8, 4) is 0 Å². The van der Waals surface area contributed by atoms with Gasteiger partial charge in [0.05, 0.1) is 5.02 Å². The number of anilines is 1. The van der Waals surface area contributed by atoms with E-state index in [9.17, 15) is 0 Å². The zero-order valence-corrected chi connectivity index (χ0v) is 11.6. The summed E-state index contributed by atoms with van der Waals surface area (Å²) in [4.78, 5) is 4.12. The maximum atomic E-state index is 5.77. The summed E-state index contributed by atoms with van der Waals surface area (Å²) >= 11 is 5.77. The molecule has 0 atom stereocenters. The first kappa shape index (κ1) is 13.6. The molecule has 0 aliphatic heterocycles. The summed E-state index contributed by atoms with van der Waals surface area (Å²) in [5, 5.41) is 4.92. The summed E-state index contributed by atoms with van der Waals surface area (Å²) in [5.41, 5.74) is 5.29. The standard InChI is InChI=1S/C15H16ClN3/c1-12(7-8-13-5-3-2-4-6-13)18-19-15-10-9-14(16)11-17-15/h2-6,9-11H,7-8H2,1H3,(H,17,19). The second-order valence-electron chi connectivity index (χ2n) is 4.31. The highest BCUT2D eigenvalue weighted by Crippen LogP contribution is 2.09. The van der Waals surface area contributed by atoms with Gasteiger partial charge >= 0.3 is 0 Å². The molecule has 0 radical (unpaired) electrons. The molecule has 0 fully saturated rings. The smallest absolute Gasteiger partial charge is 0.146 e. The van der Waals surface area contributed by atoms with Crippen molar-refractivity contribution in [2.24, 2.45) is 5.10 Å². The van der Waals surface area contributed by atoms with Crippen molar-refractivity contribution in [2.75, 3.05) is 5.43 Å². The highest BCUT2D eigenvalue weighted by molar-refractivity contribution is 6.30. The number of pyridine rings is 1. The third-order valence-electron chi connectivity index (χ3n) is 2.71. The van der Waals surface area contributed by atoms with Crippen molar-refractivity contribution < 1.29 is 0 Å². The van der Waals surface area contributed by atoms with Crippen LogP contribution in [0.25, 0.3) is 0 Å². The monoisotopic (exact) mass is 273 g/mol. The lowest BCUT2D eigenvalue weighted by Gasteiger charge is -2.03. The number of nitrogens with one attached hydrogen (secondary N) is 1. The molecule has 3 nitrogen and oxygen atoms in total. The van der Waals surface area contributed by atoms with Crippen LogP contribution in [-0.4, -0.2) is 10.7 Å². The van der Waals surface area contributed by atoms with Crippen molar-refractivity contribution >= 4 is 23.1 Å². The molecule has 2 rings (SSSR count). The number of aryl methyl sites for hydroxylation is 1.